The molecule has 0 atom stereocenters. The fourth-order valence-corrected chi connectivity index (χ4v) is 3.61. The molecule has 2 aromatic rings. The minimum absolute atomic E-state index is 0. The maximum Gasteiger partial charge on any atom is 0.193 e. The van der Waals surface area contributed by atoms with Crippen LogP contribution in [0.25, 0.3) is 0 Å². The molecule has 0 fully saturated rings. The van der Waals surface area contributed by atoms with Crippen LogP contribution in [-0.2, 0) is 13.0 Å². The van der Waals surface area contributed by atoms with Crippen molar-refractivity contribution in [1.29, 1.82) is 0 Å². The minimum Gasteiger partial charge on any atom is -0.356 e. The third-order valence-electron chi connectivity index (χ3n) is 3.52. The van der Waals surface area contributed by atoms with Crippen LogP contribution in [0.5, 0.6) is 0 Å². The molecule has 132 valence electrons. The number of nitrogens with zero attached hydrogens (tertiary/aromatic N) is 3. The monoisotopic (exact) mass is 478 g/mol. The van der Waals surface area contributed by atoms with Crippen LogP contribution in [-0.4, -0.2) is 36.5 Å². The second kappa shape index (κ2) is 10.2. The first-order valence-electron chi connectivity index (χ1n) is 7.58. The first kappa shape index (κ1) is 21.2. The van der Waals surface area contributed by atoms with Crippen molar-refractivity contribution in [2.24, 2.45) is 4.99 Å². The van der Waals surface area contributed by atoms with Gasteiger partial charge < -0.3 is 10.2 Å². The van der Waals surface area contributed by atoms with Gasteiger partial charge in [0.25, 0.3) is 0 Å². The van der Waals surface area contributed by atoms with Crippen molar-refractivity contribution < 1.29 is 0 Å². The number of aryl methyl sites for hydroxylation is 2. The lowest BCUT2D eigenvalue weighted by Crippen LogP contribution is -2.39. The lowest BCUT2D eigenvalue weighted by molar-refractivity contribution is 0.477. The Labute approximate surface area is 170 Å². The van der Waals surface area contributed by atoms with Gasteiger partial charge in [0, 0.05) is 43.5 Å². The van der Waals surface area contributed by atoms with Gasteiger partial charge in [0.1, 0.15) is 0 Å². The Morgan fingerprint density at radius 3 is 2.71 bits per heavy atom. The van der Waals surface area contributed by atoms with E-state index >= 15 is 0 Å². The van der Waals surface area contributed by atoms with Crippen LogP contribution in [0.1, 0.15) is 21.1 Å². The van der Waals surface area contributed by atoms with Crippen LogP contribution >= 0.6 is 46.9 Å². The second-order valence-electron chi connectivity index (χ2n) is 5.45. The standard InChI is InChI=1S/C17H23ClN4S.HI/c1-12-16(23-13(2)21-12)8-9-20-17(19-3)22(4)11-14-6-5-7-15(18)10-14;/h5-7,10H,8-9,11H2,1-4H3,(H,19,20);1H. The van der Waals surface area contributed by atoms with Crippen LogP contribution < -0.4 is 5.32 Å². The summed E-state index contributed by atoms with van der Waals surface area (Å²) in [5.74, 6) is 0.879. The highest BCUT2D eigenvalue weighted by molar-refractivity contribution is 14.0. The third-order valence-corrected chi connectivity index (χ3v) is 4.88. The van der Waals surface area contributed by atoms with Gasteiger partial charge in [-0.15, -0.1) is 35.3 Å². The van der Waals surface area contributed by atoms with Crippen molar-refractivity contribution in [2.45, 2.75) is 26.8 Å². The largest absolute Gasteiger partial charge is 0.356 e. The highest BCUT2D eigenvalue weighted by Crippen LogP contribution is 2.17. The van der Waals surface area contributed by atoms with Gasteiger partial charge in [-0.05, 0) is 31.5 Å². The molecular formula is C17H24ClIN4S. The van der Waals surface area contributed by atoms with Crippen molar-refractivity contribution in [2.75, 3.05) is 20.6 Å². The summed E-state index contributed by atoms with van der Waals surface area (Å²) < 4.78 is 0. The van der Waals surface area contributed by atoms with Crippen LogP contribution in [0.2, 0.25) is 5.02 Å². The van der Waals surface area contributed by atoms with Crippen molar-refractivity contribution in [3.63, 3.8) is 0 Å². The molecule has 1 aromatic heterocycles. The molecule has 1 heterocycles. The van der Waals surface area contributed by atoms with Crippen LogP contribution in [0.3, 0.4) is 0 Å². The lowest BCUT2D eigenvalue weighted by atomic mass is 10.2. The SMILES string of the molecule is CN=C(NCCc1sc(C)nc1C)N(C)Cc1cccc(Cl)c1.I. The van der Waals surface area contributed by atoms with Gasteiger partial charge in [-0.3, -0.25) is 4.99 Å². The van der Waals surface area contributed by atoms with E-state index < -0.39 is 0 Å². The van der Waals surface area contributed by atoms with Gasteiger partial charge in [-0.2, -0.15) is 0 Å². The summed E-state index contributed by atoms with van der Waals surface area (Å²) in [5, 5.41) is 5.29. The molecule has 1 aromatic carbocycles. The summed E-state index contributed by atoms with van der Waals surface area (Å²) in [6.07, 6.45) is 0.960. The number of halogens is 2. The number of hydrogen-bond donors (Lipinski definition) is 1. The molecule has 0 saturated heterocycles. The second-order valence-corrected chi connectivity index (χ2v) is 7.18. The van der Waals surface area contributed by atoms with Crippen LogP contribution in [0.15, 0.2) is 29.3 Å². The number of aliphatic imine (C=N–C) groups is 1. The molecular weight excluding hydrogens is 455 g/mol. The summed E-state index contributed by atoms with van der Waals surface area (Å²) in [5.41, 5.74) is 2.30. The third kappa shape index (κ3) is 6.22. The smallest absolute Gasteiger partial charge is 0.193 e. The average molecular weight is 479 g/mol. The molecule has 0 amide bonds. The predicted molar refractivity (Wildman–Crippen MR) is 115 cm³/mol. The molecule has 0 aliphatic heterocycles. The zero-order valence-electron chi connectivity index (χ0n) is 14.5. The number of benzene rings is 1. The van der Waals surface area contributed by atoms with E-state index in [-0.39, 0.29) is 24.0 Å². The van der Waals surface area contributed by atoms with E-state index in [1.54, 1.807) is 18.4 Å². The highest BCUT2D eigenvalue weighted by Gasteiger charge is 2.08. The Morgan fingerprint density at radius 2 is 2.12 bits per heavy atom. The molecule has 2 rings (SSSR count). The van der Waals surface area contributed by atoms with Crippen molar-refractivity contribution in [3.05, 3.63) is 50.4 Å². The van der Waals surface area contributed by atoms with Crippen molar-refractivity contribution in [3.8, 4) is 0 Å². The summed E-state index contributed by atoms with van der Waals surface area (Å²) in [4.78, 5) is 12.2. The maximum atomic E-state index is 6.04. The molecule has 0 saturated carbocycles. The van der Waals surface area contributed by atoms with E-state index in [2.05, 4.69) is 33.2 Å². The fraction of sp³-hybridized carbons (Fsp3) is 0.412. The highest BCUT2D eigenvalue weighted by atomic mass is 127. The van der Waals surface area contributed by atoms with Gasteiger partial charge in [-0.25, -0.2) is 4.98 Å². The normalized spacial score (nSPS) is 11.1. The van der Waals surface area contributed by atoms with E-state index in [0.29, 0.717) is 0 Å². The van der Waals surface area contributed by atoms with E-state index in [1.165, 1.54) is 4.88 Å². The molecule has 0 spiro atoms. The van der Waals surface area contributed by atoms with Crippen molar-refractivity contribution >= 4 is 52.9 Å². The molecule has 0 unspecified atom stereocenters. The molecule has 1 N–H and O–H groups in total. The summed E-state index contributed by atoms with van der Waals surface area (Å²) >= 11 is 7.81. The van der Waals surface area contributed by atoms with Gasteiger partial charge in [0.05, 0.1) is 10.7 Å². The number of nitrogens with one attached hydrogen (secondary N) is 1. The maximum absolute atomic E-state index is 6.04. The van der Waals surface area contributed by atoms with E-state index in [9.17, 15) is 0 Å². The van der Waals surface area contributed by atoms with E-state index in [0.717, 1.165) is 46.8 Å². The van der Waals surface area contributed by atoms with Crippen LogP contribution in [0.4, 0.5) is 0 Å². The van der Waals surface area contributed by atoms with Gasteiger partial charge in [0.15, 0.2) is 5.96 Å². The Kier molecular flexibility index (Phi) is 9.01. The first-order valence-corrected chi connectivity index (χ1v) is 8.78. The zero-order valence-corrected chi connectivity index (χ0v) is 18.4. The molecule has 4 nitrogen and oxygen atoms in total. The number of hydrogen-bond acceptors (Lipinski definition) is 3. The van der Waals surface area contributed by atoms with Gasteiger partial charge >= 0.3 is 0 Å². The van der Waals surface area contributed by atoms with Crippen molar-refractivity contribution in [1.82, 2.24) is 15.2 Å². The molecule has 0 bridgehead atoms. The Balaban J connectivity index is 0.00000288. The number of aromatic nitrogens is 1. The quantitative estimate of drug-likeness (QED) is 0.396. The Morgan fingerprint density at radius 1 is 1.38 bits per heavy atom. The number of guanidine groups is 1. The molecule has 7 heteroatoms. The molecule has 0 aliphatic rings. The Hall–Kier alpha value is -0.860. The first-order chi connectivity index (χ1) is 11.0. The minimum atomic E-state index is 0. The summed E-state index contributed by atoms with van der Waals surface area (Å²) in [7, 11) is 3.83. The number of rotatable bonds is 5. The van der Waals surface area contributed by atoms with Gasteiger partial charge in [-0.1, -0.05) is 23.7 Å². The molecule has 24 heavy (non-hydrogen) atoms. The van der Waals surface area contributed by atoms with E-state index in [4.69, 9.17) is 11.6 Å². The van der Waals surface area contributed by atoms with E-state index in [1.807, 2.05) is 32.2 Å². The average Bonchev–Trinajstić information content (AvgIpc) is 2.81. The van der Waals surface area contributed by atoms with Gasteiger partial charge in [0.2, 0.25) is 0 Å². The summed E-state index contributed by atoms with van der Waals surface area (Å²) in [6.45, 7) is 5.72. The predicted octanol–water partition coefficient (Wildman–Crippen LogP) is 4.28. The van der Waals surface area contributed by atoms with Crippen LogP contribution in [0, 0.1) is 13.8 Å². The molecule has 0 radical (unpaired) electrons. The zero-order chi connectivity index (χ0) is 16.8. The Bertz CT molecular complexity index is 687. The summed E-state index contributed by atoms with van der Waals surface area (Å²) in [6, 6.07) is 7.90. The topological polar surface area (TPSA) is 40.5 Å². The number of thiazole rings is 1. The molecule has 0 aliphatic carbocycles. The lowest BCUT2D eigenvalue weighted by Gasteiger charge is -2.22. The fourth-order valence-electron chi connectivity index (χ4n) is 2.46.